The summed E-state index contributed by atoms with van der Waals surface area (Å²) in [6.45, 7) is 7.46. The summed E-state index contributed by atoms with van der Waals surface area (Å²) in [5.74, 6) is 1.64. The van der Waals surface area contributed by atoms with Crippen LogP contribution >= 0.6 is 0 Å². The van der Waals surface area contributed by atoms with Crippen LogP contribution in [0, 0.1) is 5.92 Å². The van der Waals surface area contributed by atoms with Crippen molar-refractivity contribution in [3.63, 3.8) is 0 Å². The van der Waals surface area contributed by atoms with Crippen molar-refractivity contribution in [2.75, 3.05) is 0 Å². The van der Waals surface area contributed by atoms with Crippen molar-refractivity contribution in [3.05, 3.63) is 30.2 Å². The van der Waals surface area contributed by atoms with E-state index in [-0.39, 0.29) is 0 Å². The molecule has 0 fully saturated rings. The van der Waals surface area contributed by atoms with Crippen LogP contribution in [0.3, 0.4) is 0 Å². The molecule has 0 saturated carbocycles. The second-order valence-electron chi connectivity index (χ2n) is 4.60. The third-order valence-corrected chi connectivity index (χ3v) is 3.46. The van der Waals surface area contributed by atoms with Crippen LogP contribution in [0.2, 0.25) is 0 Å². The maximum atomic E-state index is 4.20. The average Bonchev–Trinajstić information content (AvgIpc) is 2.78. The lowest BCUT2D eigenvalue weighted by Crippen LogP contribution is -2.31. The smallest absolute Gasteiger partial charge is 0.160 e. The van der Waals surface area contributed by atoms with Crippen LogP contribution in [0.5, 0.6) is 0 Å². The van der Waals surface area contributed by atoms with Gasteiger partial charge in [-0.15, -0.1) is 10.2 Å². The van der Waals surface area contributed by atoms with Gasteiger partial charge in [-0.25, -0.2) is 0 Å². The third kappa shape index (κ3) is 2.64. The zero-order chi connectivity index (χ0) is 12.3. The second kappa shape index (κ2) is 5.27. The fourth-order valence-corrected chi connectivity index (χ4v) is 1.82. The van der Waals surface area contributed by atoms with Gasteiger partial charge in [-0.3, -0.25) is 4.40 Å². The Morgan fingerprint density at radius 3 is 2.88 bits per heavy atom. The highest BCUT2D eigenvalue weighted by atomic mass is 15.3. The van der Waals surface area contributed by atoms with Crippen molar-refractivity contribution in [1.29, 1.82) is 0 Å². The van der Waals surface area contributed by atoms with Crippen LogP contribution in [0.1, 0.15) is 33.0 Å². The Morgan fingerprint density at radius 1 is 1.29 bits per heavy atom. The molecule has 2 heterocycles. The highest BCUT2D eigenvalue weighted by Crippen LogP contribution is 2.08. The number of fused-ring (bicyclic) bond motifs is 1. The lowest BCUT2D eigenvalue weighted by Gasteiger charge is -2.19. The number of rotatable bonds is 5. The molecule has 0 bridgehead atoms. The second-order valence-corrected chi connectivity index (χ2v) is 4.60. The van der Waals surface area contributed by atoms with Crippen molar-refractivity contribution in [3.8, 4) is 0 Å². The molecule has 0 saturated heterocycles. The quantitative estimate of drug-likeness (QED) is 0.859. The molecule has 4 heteroatoms. The predicted molar refractivity (Wildman–Crippen MR) is 68.7 cm³/mol. The molecule has 0 aliphatic heterocycles. The van der Waals surface area contributed by atoms with Crippen LogP contribution in [-0.4, -0.2) is 20.6 Å². The normalized spacial score (nSPS) is 15.0. The fraction of sp³-hybridized carbons (Fsp3) is 0.538. The summed E-state index contributed by atoms with van der Waals surface area (Å²) in [7, 11) is 0. The number of pyridine rings is 1. The Labute approximate surface area is 102 Å². The number of nitrogens with one attached hydrogen (secondary N) is 1. The molecule has 0 radical (unpaired) electrons. The fourth-order valence-electron chi connectivity index (χ4n) is 1.82. The summed E-state index contributed by atoms with van der Waals surface area (Å²) in [6, 6.07) is 6.44. The Morgan fingerprint density at radius 2 is 2.12 bits per heavy atom. The zero-order valence-electron chi connectivity index (χ0n) is 10.7. The topological polar surface area (TPSA) is 42.2 Å². The summed E-state index contributed by atoms with van der Waals surface area (Å²) in [4.78, 5) is 0. The van der Waals surface area contributed by atoms with Crippen molar-refractivity contribution in [2.45, 2.75) is 39.8 Å². The first kappa shape index (κ1) is 12.0. The largest absolute Gasteiger partial charge is 0.307 e. The first-order valence-electron chi connectivity index (χ1n) is 6.24. The Balaban J connectivity index is 2.04. The average molecular weight is 232 g/mol. The molecule has 4 nitrogen and oxygen atoms in total. The molecule has 0 aromatic carbocycles. The summed E-state index contributed by atoms with van der Waals surface area (Å²) in [5, 5.41) is 11.8. The van der Waals surface area contributed by atoms with Gasteiger partial charge in [0.2, 0.25) is 0 Å². The molecule has 0 aliphatic rings. The molecule has 2 atom stereocenters. The molecule has 2 aromatic heterocycles. The van der Waals surface area contributed by atoms with E-state index in [0.717, 1.165) is 18.0 Å². The summed E-state index contributed by atoms with van der Waals surface area (Å²) >= 11 is 0. The summed E-state index contributed by atoms with van der Waals surface area (Å²) < 4.78 is 2.02. The van der Waals surface area contributed by atoms with Crippen LogP contribution < -0.4 is 5.32 Å². The van der Waals surface area contributed by atoms with E-state index in [4.69, 9.17) is 0 Å². The summed E-state index contributed by atoms with van der Waals surface area (Å²) in [5.41, 5.74) is 0.903. The van der Waals surface area contributed by atoms with Crippen LogP contribution in [-0.2, 0) is 6.54 Å². The van der Waals surface area contributed by atoms with E-state index < -0.39 is 0 Å². The minimum atomic E-state index is 0.496. The van der Waals surface area contributed by atoms with E-state index in [1.165, 1.54) is 6.42 Å². The third-order valence-electron chi connectivity index (χ3n) is 3.46. The van der Waals surface area contributed by atoms with Crippen molar-refractivity contribution in [1.82, 2.24) is 19.9 Å². The summed E-state index contributed by atoms with van der Waals surface area (Å²) in [6.07, 6.45) is 3.19. The Hall–Kier alpha value is -1.42. The number of aromatic nitrogens is 3. The lowest BCUT2D eigenvalue weighted by atomic mass is 10.0. The number of hydrogen-bond acceptors (Lipinski definition) is 3. The van der Waals surface area contributed by atoms with Gasteiger partial charge in [-0.05, 0) is 25.0 Å². The van der Waals surface area contributed by atoms with Crippen LogP contribution in [0.4, 0.5) is 0 Å². The lowest BCUT2D eigenvalue weighted by molar-refractivity contribution is 0.385. The Bertz CT molecular complexity index is 477. The van der Waals surface area contributed by atoms with Gasteiger partial charge in [0.15, 0.2) is 11.5 Å². The van der Waals surface area contributed by atoms with Gasteiger partial charge in [0.05, 0.1) is 6.54 Å². The van der Waals surface area contributed by atoms with E-state index in [2.05, 4.69) is 36.3 Å². The molecule has 2 aromatic rings. The number of nitrogens with zero attached hydrogens (tertiary/aromatic N) is 3. The van der Waals surface area contributed by atoms with Gasteiger partial charge >= 0.3 is 0 Å². The standard InChI is InChI=1S/C13H20N4/c1-4-10(2)11(3)14-9-13-16-15-12-7-5-6-8-17(12)13/h5-8,10-11,14H,4,9H2,1-3H3. The van der Waals surface area contributed by atoms with E-state index in [9.17, 15) is 0 Å². The molecule has 0 aliphatic carbocycles. The highest BCUT2D eigenvalue weighted by molar-refractivity contribution is 5.36. The molecule has 2 rings (SSSR count). The van der Waals surface area contributed by atoms with Gasteiger partial charge in [0.1, 0.15) is 0 Å². The van der Waals surface area contributed by atoms with Crippen molar-refractivity contribution >= 4 is 5.65 Å². The van der Waals surface area contributed by atoms with Crippen molar-refractivity contribution in [2.24, 2.45) is 5.92 Å². The maximum absolute atomic E-state index is 4.20. The van der Waals surface area contributed by atoms with Gasteiger partial charge in [-0.1, -0.05) is 26.3 Å². The van der Waals surface area contributed by atoms with Gasteiger partial charge in [0, 0.05) is 12.2 Å². The molecular formula is C13H20N4. The monoisotopic (exact) mass is 232 g/mol. The first-order chi connectivity index (χ1) is 8.22. The molecule has 2 unspecified atom stereocenters. The highest BCUT2D eigenvalue weighted by Gasteiger charge is 2.11. The van der Waals surface area contributed by atoms with E-state index >= 15 is 0 Å². The van der Waals surface area contributed by atoms with Gasteiger partial charge in [-0.2, -0.15) is 0 Å². The molecular weight excluding hydrogens is 212 g/mol. The molecule has 0 spiro atoms. The van der Waals surface area contributed by atoms with Crippen molar-refractivity contribution < 1.29 is 0 Å². The Kier molecular flexibility index (Phi) is 3.74. The predicted octanol–water partition coefficient (Wildman–Crippen LogP) is 2.25. The molecule has 92 valence electrons. The molecule has 1 N–H and O–H groups in total. The van der Waals surface area contributed by atoms with E-state index in [0.29, 0.717) is 12.0 Å². The van der Waals surface area contributed by atoms with Gasteiger partial charge < -0.3 is 5.32 Å². The maximum Gasteiger partial charge on any atom is 0.160 e. The minimum Gasteiger partial charge on any atom is -0.307 e. The molecule has 17 heavy (non-hydrogen) atoms. The van der Waals surface area contributed by atoms with E-state index in [1.807, 2.05) is 28.8 Å². The first-order valence-corrected chi connectivity index (χ1v) is 6.24. The van der Waals surface area contributed by atoms with E-state index in [1.54, 1.807) is 0 Å². The molecule has 0 amide bonds. The van der Waals surface area contributed by atoms with Crippen LogP contribution in [0.25, 0.3) is 5.65 Å². The van der Waals surface area contributed by atoms with Crippen LogP contribution in [0.15, 0.2) is 24.4 Å². The van der Waals surface area contributed by atoms with Gasteiger partial charge in [0.25, 0.3) is 0 Å². The SMILES string of the molecule is CCC(C)C(C)NCc1nnc2ccccn12. The minimum absolute atomic E-state index is 0.496. The number of hydrogen-bond donors (Lipinski definition) is 1. The zero-order valence-corrected chi connectivity index (χ0v) is 10.7.